The van der Waals surface area contributed by atoms with Gasteiger partial charge in [-0.3, -0.25) is 14.2 Å². The minimum absolute atomic E-state index is 0.0302. The smallest absolute Gasteiger partial charge is 0.262 e. The molecule has 2 aromatic heterocycles. The summed E-state index contributed by atoms with van der Waals surface area (Å²) < 4.78 is 1.40. The lowest BCUT2D eigenvalue weighted by Gasteiger charge is -2.21. The van der Waals surface area contributed by atoms with Crippen LogP contribution in [-0.4, -0.2) is 15.5 Å². The van der Waals surface area contributed by atoms with Crippen LogP contribution in [0.1, 0.15) is 42.3 Å². The van der Waals surface area contributed by atoms with E-state index < -0.39 is 0 Å². The van der Waals surface area contributed by atoms with Gasteiger partial charge in [0.1, 0.15) is 11.4 Å². The predicted octanol–water partition coefficient (Wildman–Crippen LogP) is 3.98. The lowest BCUT2D eigenvalue weighted by atomic mass is 9.97. The number of benzene rings is 1. The van der Waals surface area contributed by atoms with Crippen molar-refractivity contribution in [3.05, 3.63) is 63.0 Å². The molecule has 1 aromatic carbocycles. The van der Waals surface area contributed by atoms with Gasteiger partial charge in [-0.15, -0.1) is 11.3 Å². The second-order valence-electron chi connectivity index (χ2n) is 7.30. The first-order valence-corrected chi connectivity index (χ1v) is 9.98. The van der Waals surface area contributed by atoms with Gasteiger partial charge in [-0.1, -0.05) is 44.2 Å². The minimum Gasteiger partial charge on any atom is -0.348 e. The number of rotatable bonds is 6. The summed E-state index contributed by atoms with van der Waals surface area (Å²) in [6.07, 6.45) is 2.31. The van der Waals surface area contributed by atoms with Crippen LogP contribution in [0, 0.1) is 19.8 Å². The third-order valence-electron chi connectivity index (χ3n) is 4.71. The van der Waals surface area contributed by atoms with Gasteiger partial charge in [0.15, 0.2) is 0 Å². The molecule has 2 heterocycles. The largest absolute Gasteiger partial charge is 0.348 e. The van der Waals surface area contributed by atoms with Gasteiger partial charge in [0.25, 0.3) is 5.56 Å². The van der Waals surface area contributed by atoms with Crippen molar-refractivity contribution in [3.63, 3.8) is 0 Å². The fourth-order valence-electron chi connectivity index (χ4n) is 3.21. The molecule has 1 unspecified atom stereocenters. The monoisotopic (exact) mass is 383 g/mol. The van der Waals surface area contributed by atoms with Gasteiger partial charge in [-0.2, -0.15) is 0 Å². The summed E-state index contributed by atoms with van der Waals surface area (Å²) >= 11 is 1.51. The maximum absolute atomic E-state index is 12.8. The number of carbonyl (C=O) groups is 1. The third kappa shape index (κ3) is 4.27. The molecule has 0 aliphatic heterocycles. The zero-order chi connectivity index (χ0) is 19.6. The van der Waals surface area contributed by atoms with Crippen LogP contribution in [-0.2, 0) is 11.3 Å². The number of aromatic nitrogens is 2. The van der Waals surface area contributed by atoms with Crippen molar-refractivity contribution >= 4 is 27.5 Å². The number of nitrogens with one attached hydrogen (secondary N) is 1. The van der Waals surface area contributed by atoms with Gasteiger partial charge in [0.2, 0.25) is 5.91 Å². The Labute approximate surface area is 163 Å². The fourth-order valence-corrected chi connectivity index (χ4v) is 4.20. The number of hydrogen-bond donors (Lipinski definition) is 1. The lowest BCUT2D eigenvalue weighted by molar-refractivity contribution is -0.122. The molecule has 3 rings (SSSR count). The van der Waals surface area contributed by atoms with Crippen molar-refractivity contribution in [1.29, 1.82) is 0 Å². The van der Waals surface area contributed by atoms with Gasteiger partial charge < -0.3 is 5.32 Å². The Kier molecular flexibility index (Phi) is 5.75. The molecule has 1 N–H and O–H groups in total. The van der Waals surface area contributed by atoms with Crippen LogP contribution < -0.4 is 10.9 Å². The van der Waals surface area contributed by atoms with E-state index in [0.29, 0.717) is 11.3 Å². The molecule has 0 aliphatic rings. The van der Waals surface area contributed by atoms with E-state index in [-0.39, 0.29) is 24.1 Å². The third-order valence-corrected chi connectivity index (χ3v) is 5.83. The Morgan fingerprint density at radius 2 is 1.93 bits per heavy atom. The second-order valence-corrected chi connectivity index (χ2v) is 8.50. The number of fused-ring (bicyclic) bond motifs is 1. The highest BCUT2D eigenvalue weighted by Gasteiger charge is 2.18. The number of amides is 1. The molecule has 0 aliphatic carbocycles. The quantitative estimate of drug-likeness (QED) is 0.700. The molecule has 0 saturated heterocycles. The highest BCUT2D eigenvalue weighted by molar-refractivity contribution is 7.18. The van der Waals surface area contributed by atoms with E-state index in [0.717, 1.165) is 27.3 Å². The number of aryl methyl sites for hydroxylation is 2. The molecule has 0 fully saturated rings. The topological polar surface area (TPSA) is 64.0 Å². The van der Waals surface area contributed by atoms with Crippen LogP contribution in [0.2, 0.25) is 0 Å². The molecule has 0 radical (unpaired) electrons. The predicted molar refractivity (Wildman–Crippen MR) is 110 cm³/mol. The molecule has 27 heavy (non-hydrogen) atoms. The van der Waals surface area contributed by atoms with Crippen LogP contribution in [0.15, 0.2) is 41.5 Å². The maximum Gasteiger partial charge on any atom is 0.262 e. The average Bonchev–Trinajstić information content (AvgIpc) is 2.92. The first kappa shape index (κ1) is 19.3. The lowest BCUT2D eigenvalue weighted by Crippen LogP contribution is -2.35. The normalized spacial score (nSPS) is 12.5. The van der Waals surface area contributed by atoms with Crippen molar-refractivity contribution in [2.75, 3.05) is 0 Å². The molecule has 0 bridgehead atoms. The van der Waals surface area contributed by atoms with E-state index >= 15 is 0 Å². The molecule has 3 aromatic rings. The van der Waals surface area contributed by atoms with Gasteiger partial charge >= 0.3 is 0 Å². The Morgan fingerprint density at radius 1 is 1.22 bits per heavy atom. The minimum atomic E-state index is -0.183. The maximum atomic E-state index is 12.8. The molecule has 0 saturated carbocycles. The van der Waals surface area contributed by atoms with Crippen molar-refractivity contribution < 1.29 is 4.79 Å². The summed E-state index contributed by atoms with van der Waals surface area (Å²) in [6.45, 7) is 8.14. The van der Waals surface area contributed by atoms with Crippen molar-refractivity contribution in [1.82, 2.24) is 14.9 Å². The first-order valence-electron chi connectivity index (χ1n) is 9.16. The van der Waals surface area contributed by atoms with Crippen molar-refractivity contribution in [2.24, 2.45) is 5.92 Å². The Bertz CT molecular complexity index is 1010. The molecular formula is C21H25N3O2S. The van der Waals surface area contributed by atoms with E-state index in [9.17, 15) is 9.59 Å². The van der Waals surface area contributed by atoms with Gasteiger partial charge in [0, 0.05) is 4.88 Å². The molecule has 6 heteroatoms. The molecule has 1 atom stereocenters. The number of hydrogen-bond acceptors (Lipinski definition) is 4. The van der Waals surface area contributed by atoms with E-state index in [1.165, 1.54) is 22.2 Å². The number of carbonyl (C=O) groups excluding carboxylic acids is 1. The summed E-state index contributed by atoms with van der Waals surface area (Å²) in [5.41, 5.74) is 1.87. The first-order chi connectivity index (χ1) is 12.9. The van der Waals surface area contributed by atoms with Crippen LogP contribution in [0.4, 0.5) is 0 Å². The SMILES string of the molecule is Cc1sc2ncn(CC(=O)NC(CC(C)C)c3ccccc3)c(=O)c2c1C. The van der Waals surface area contributed by atoms with Crippen molar-refractivity contribution in [3.8, 4) is 0 Å². The molecule has 0 spiro atoms. The summed E-state index contributed by atoms with van der Waals surface area (Å²) in [7, 11) is 0. The molecule has 5 nitrogen and oxygen atoms in total. The van der Waals surface area contributed by atoms with Gasteiger partial charge in [-0.25, -0.2) is 4.98 Å². The summed E-state index contributed by atoms with van der Waals surface area (Å²) in [4.78, 5) is 31.6. The number of nitrogens with zero attached hydrogens (tertiary/aromatic N) is 2. The Hall–Kier alpha value is -2.47. The van der Waals surface area contributed by atoms with E-state index in [2.05, 4.69) is 24.1 Å². The molecule has 142 valence electrons. The van der Waals surface area contributed by atoms with E-state index in [1.807, 2.05) is 44.2 Å². The highest BCUT2D eigenvalue weighted by Crippen LogP contribution is 2.25. The van der Waals surface area contributed by atoms with E-state index in [1.54, 1.807) is 0 Å². The van der Waals surface area contributed by atoms with Crippen LogP contribution >= 0.6 is 11.3 Å². The summed E-state index contributed by atoms with van der Waals surface area (Å²) in [5, 5.41) is 3.70. The van der Waals surface area contributed by atoms with Gasteiger partial charge in [-0.05, 0) is 37.3 Å². The second kappa shape index (κ2) is 8.05. The zero-order valence-electron chi connectivity index (χ0n) is 16.2. The average molecular weight is 384 g/mol. The molecule has 1 amide bonds. The van der Waals surface area contributed by atoms with Crippen LogP contribution in [0.3, 0.4) is 0 Å². The van der Waals surface area contributed by atoms with Crippen LogP contribution in [0.5, 0.6) is 0 Å². The zero-order valence-corrected chi connectivity index (χ0v) is 17.0. The van der Waals surface area contributed by atoms with Gasteiger partial charge in [0.05, 0.1) is 17.8 Å². The Morgan fingerprint density at radius 3 is 2.59 bits per heavy atom. The molecular weight excluding hydrogens is 358 g/mol. The standard InChI is InChI=1S/C21H25N3O2S/c1-13(2)10-17(16-8-6-5-7-9-16)23-18(25)11-24-12-22-20-19(21(24)26)14(3)15(4)27-20/h5-9,12-13,17H,10-11H2,1-4H3,(H,23,25). The highest BCUT2D eigenvalue weighted by atomic mass is 32.1. The van der Waals surface area contributed by atoms with Crippen molar-refractivity contribution in [2.45, 2.75) is 46.7 Å². The van der Waals surface area contributed by atoms with E-state index in [4.69, 9.17) is 0 Å². The Balaban J connectivity index is 1.82. The summed E-state index contributed by atoms with van der Waals surface area (Å²) in [6, 6.07) is 9.87. The number of thiophene rings is 1. The summed E-state index contributed by atoms with van der Waals surface area (Å²) in [5.74, 6) is 0.255. The van der Waals surface area contributed by atoms with Crippen LogP contribution in [0.25, 0.3) is 10.2 Å². The fraction of sp³-hybridized carbons (Fsp3) is 0.381.